The first-order chi connectivity index (χ1) is 11.5. The standard InChI is InChI=1S/C17H23FN2O5/c1-10(14(21)19-16(23)20-17(3,4)5)25-15(22)11(2)24-13-8-6-12(18)7-9-13/h6-11H,1-5H3,(H2,19,20,21,23)/t10-,11-/m0/s1. The predicted molar refractivity (Wildman–Crippen MR) is 88.5 cm³/mol. The highest BCUT2D eigenvalue weighted by Gasteiger charge is 2.25. The zero-order valence-corrected chi connectivity index (χ0v) is 14.9. The first-order valence-corrected chi connectivity index (χ1v) is 7.73. The van der Waals surface area contributed by atoms with Gasteiger partial charge >= 0.3 is 12.0 Å². The Morgan fingerprint density at radius 3 is 2.12 bits per heavy atom. The smallest absolute Gasteiger partial charge is 0.347 e. The van der Waals surface area contributed by atoms with E-state index in [9.17, 15) is 18.8 Å². The van der Waals surface area contributed by atoms with Gasteiger partial charge in [-0.05, 0) is 58.9 Å². The summed E-state index contributed by atoms with van der Waals surface area (Å²) < 4.78 is 23.1. The normalized spacial score (nSPS) is 13.4. The number of rotatable bonds is 5. The number of carbonyl (C=O) groups is 3. The van der Waals surface area contributed by atoms with Crippen LogP contribution in [0, 0.1) is 5.82 Å². The van der Waals surface area contributed by atoms with Gasteiger partial charge in [-0.3, -0.25) is 10.1 Å². The number of halogens is 1. The van der Waals surface area contributed by atoms with E-state index < -0.39 is 41.5 Å². The maximum absolute atomic E-state index is 12.8. The molecule has 1 aromatic rings. The highest BCUT2D eigenvalue weighted by Crippen LogP contribution is 2.13. The Balaban J connectivity index is 2.50. The molecular formula is C17H23FN2O5. The first kappa shape index (κ1) is 20.4. The lowest BCUT2D eigenvalue weighted by Crippen LogP contribution is -2.51. The molecule has 1 rings (SSSR count). The van der Waals surface area contributed by atoms with Crippen LogP contribution in [0.1, 0.15) is 34.6 Å². The molecule has 0 unspecified atom stereocenters. The van der Waals surface area contributed by atoms with E-state index in [1.165, 1.54) is 38.1 Å². The second kappa shape index (κ2) is 8.46. The summed E-state index contributed by atoms with van der Waals surface area (Å²) in [4.78, 5) is 35.4. The van der Waals surface area contributed by atoms with E-state index >= 15 is 0 Å². The molecule has 0 saturated heterocycles. The fourth-order valence-electron chi connectivity index (χ4n) is 1.67. The molecule has 25 heavy (non-hydrogen) atoms. The van der Waals surface area contributed by atoms with Gasteiger partial charge in [0.15, 0.2) is 12.2 Å². The number of carbonyl (C=O) groups excluding carboxylic acids is 3. The number of esters is 1. The Kier molecular flexibility index (Phi) is 6.90. The van der Waals surface area contributed by atoms with Gasteiger partial charge in [-0.2, -0.15) is 0 Å². The SMILES string of the molecule is C[C@H](OC(=O)[C@H](C)Oc1ccc(F)cc1)C(=O)NC(=O)NC(C)(C)C. The zero-order chi connectivity index (χ0) is 19.2. The molecular weight excluding hydrogens is 331 g/mol. The molecule has 0 aliphatic carbocycles. The van der Waals surface area contributed by atoms with Crippen molar-refractivity contribution in [3.05, 3.63) is 30.1 Å². The lowest BCUT2D eigenvalue weighted by molar-refractivity contribution is -0.160. The minimum absolute atomic E-state index is 0.285. The van der Waals surface area contributed by atoms with Crippen molar-refractivity contribution in [3.63, 3.8) is 0 Å². The van der Waals surface area contributed by atoms with Crippen LogP contribution >= 0.6 is 0 Å². The second-order valence-corrected chi connectivity index (χ2v) is 6.49. The Bertz CT molecular complexity index is 625. The van der Waals surface area contributed by atoms with Crippen molar-refractivity contribution in [1.82, 2.24) is 10.6 Å². The van der Waals surface area contributed by atoms with Gasteiger partial charge in [0.2, 0.25) is 0 Å². The largest absolute Gasteiger partial charge is 0.479 e. The highest BCUT2D eigenvalue weighted by molar-refractivity contribution is 5.97. The minimum Gasteiger partial charge on any atom is -0.479 e. The topological polar surface area (TPSA) is 93.7 Å². The maximum Gasteiger partial charge on any atom is 0.347 e. The molecule has 0 spiro atoms. The Morgan fingerprint density at radius 1 is 1.04 bits per heavy atom. The summed E-state index contributed by atoms with van der Waals surface area (Å²) in [6.45, 7) is 8.05. The van der Waals surface area contributed by atoms with Crippen LogP contribution in [-0.2, 0) is 14.3 Å². The van der Waals surface area contributed by atoms with Gasteiger partial charge in [-0.15, -0.1) is 0 Å². The van der Waals surface area contributed by atoms with Gasteiger partial charge in [0.1, 0.15) is 11.6 Å². The van der Waals surface area contributed by atoms with Crippen LogP contribution in [0.15, 0.2) is 24.3 Å². The number of benzene rings is 1. The van der Waals surface area contributed by atoms with Crippen molar-refractivity contribution in [1.29, 1.82) is 0 Å². The lowest BCUT2D eigenvalue weighted by atomic mass is 10.1. The van der Waals surface area contributed by atoms with Gasteiger partial charge in [0.05, 0.1) is 0 Å². The van der Waals surface area contributed by atoms with Crippen molar-refractivity contribution in [2.45, 2.75) is 52.4 Å². The molecule has 1 aromatic carbocycles. The number of hydrogen-bond donors (Lipinski definition) is 2. The molecule has 0 saturated carbocycles. The van der Waals surface area contributed by atoms with Crippen molar-refractivity contribution in [3.8, 4) is 5.75 Å². The third-order valence-electron chi connectivity index (χ3n) is 2.85. The summed E-state index contributed by atoms with van der Waals surface area (Å²) in [5.74, 6) is -1.69. The number of urea groups is 1. The molecule has 0 aliphatic heterocycles. The molecule has 0 radical (unpaired) electrons. The molecule has 0 heterocycles. The number of imide groups is 1. The molecule has 2 N–H and O–H groups in total. The van der Waals surface area contributed by atoms with Crippen molar-refractivity contribution < 1.29 is 28.2 Å². The number of ether oxygens (including phenoxy) is 2. The minimum atomic E-state index is -1.18. The van der Waals surface area contributed by atoms with Gasteiger partial charge in [-0.1, -0.05) is 0 Å². The fraction of sp³-hybridized carbons (Fsp3) is 0.471. The molecule has 0 fully saturated rings. The highest BCUT2D eigenvalue weighted by atomic mass is 19.1. The molecule has 0 aliphatic rings. The van der Waals surface area contributed by atoms with E-state index in [1.807, 2.05) is 0 Å². The van der Waals surface area contributed by atoms with Gasteiger partial charge in [0, 0.05) is 5.54 Å². The van der Waals surface area contributed by atoms with Gasteiger partial charge < -0.3 is 14.8 Å². The Morgan fingerprint density at radius 2 is 1.60 bits per heavy atom. The molecule has 138 valence electrons. The van der Waals surface area contributed by atoms with Crippen LogP contribution in [0.4, 0.5) is 9.18 Å². The van der Waals surface area contributed by atoms with Crippen LogP contribution in [-0.4, -0.2) is 35.7 Å². The van der Waals surface area contributed by atoms with Crippen LogP contribution < -0.4 is 15.4 Å². The van der Waals surface area contributed by atoms with Gasteiger partial charge in [-0.25, -0.2) is 14.0 Å². The van der Waals surface area contributed by atoms with E-state index in [1.54, 1.807) is 20.8 Å². The van der Waals surface area contributed by atoms with E-state index in [0.29, 0.717) is 0 Å². The van der Waals surface area contributed by atoms with Crippen molar-refractivity contribution >= 4 is 17.9 Å². The lowest BCUT2D eigenvalue weighted by Gasteiger charge is -2.21. The first-order valence-electron chi connectivity index (χ1n) is 7.73. The van der Waals surface area contributed by atoms with Gasteiger partial charge in [0.25, 0.3) is 5.91 Å². The summed E-state index contributed by atoms with van der Waals surface area (Å²) >= 11 is 0. The second-order valence-electron chi connectivity index (χ2n) is 6.49. The predicted octanol–water partition coefficient (Wildman–Crippen LogP) is 2.15. The van der Waals surface area contributed by atoms with E-state index in [-0.39, 0.29) is 5.75 Å². The quantitative estimate of drug-likeness (QED) is 0.790. The molecule has 3 amide bonds. The van der Waals surface area contributed by atoms with Crippen molar-refractivity contribution in [2.75, 3.05) is 0 Å². The number of hydrogen-bond acceptors (Lipinski definition) is 5. The third kappa shape index (κ3) is 7.65. The summed E-state index contributed by atoms with van der Waals surface area (Å²) in [6, 6.07) is 4.43. The fourth-order valence-corrected chi connectivity index (χ4v) is 1.67. The monoisotopic (exact) mass is 354 g/mol. The Hall–Kier alpha value is -2.64. The maximum atomic E-state index is 12.8. The van der Waals surface area contributed by atoms with E-state index in [0.717, 1.165) is 0 Å². The van der Waals surface area contributed by atoms with Crippen LogP contribution in [0.25, 0.3) is 0 Å². The summed E-state index contributed by atoms with van der Waals surface area (Å²) in [7, 11) is 0. The average Bonchev–Trinajstić information content (AvgIpc) is 2.47. The number of amides is 3. The summed E-state index contributed by atoms with van der Waals surface area (Å²) in [5.41, 5.74) is -0.512. The van der Waals surface area contributed by atoms with Crippen molar-refractivity contribution in [2.24, 2.45) is 0 Å². The molecule has 7 nitrogen and oxygen atoms in total. The average molecular weight is 354 g/mol. The third-order valence-corrected chi connectivity index (χ3v) is 2.85. The molecule has 0 bridgehead atoms. The van der Waals surface area contributed by atoms with Crippen LogP contribution in [0.3, 0.4) is 0 Å². The van der Waals surface area contributed by atoms with E-state index in [4.69, 9.17) is 9.47 Å². The summed E-state index contributed by atoms with van der Waals surface area (Å²) in [6.07, 6.45) is -2.19. The van der Waals surface area contributed by atoms with Crippen LogP contribution in [0.5, 0.6) is 5.75 Å². The molecule has 2 atom stereocenters. The zero-order valence-electron chi connectivity index (χ0n) is 14.9. The Labute approximate surface area is 145 Å². The van der Waals surface area contributed by atoms with E-state index in [2.05, 4.69) is 10.6 Å². The number of nitrogens with one attached hydrogen (secondary N) is 2. The molecule has 8 heteroatoms. The van der Waals surface area contributed by atoms with Crippen LogP contribution in [0.2, 0.25) is 0 Å². The molecule has 0 aromatic heterocycles. The summed E-state index contributed by atoms with van der Waals surface area (Å²) in [5, 5.41) is 4.64.